The molecule has 24 heavy (non-hydrogen) atoms. The molecule has 0 saturated carbocycles. The maximum Gasteiger partial charge on any atom is 0.275 e. The van der Waals surface area contributed by atoms with Gasteiger partial charge >= 0.3 is 0 Å². The van der Waals surface area contributed by atoms with Crippen molar-refractivity contribution < 1.29 is 13.6 Å². The normalized spacial score (nSPS) is 15.5. The van der Waals surface area contributed by atoms with Crippen molar-refractivity contribution >= 4 is 17.5 Å². The Morgan fingerprint density at radius 3 is 2.42 bits per heavy atom. The minimum absolute atomic E-state index is 0.331. The highest BCUT2D eigenvalue weighted by atomic mass is 35.5. The number of pyridine rings is 1. The largest absolute Gasteiger partial charge is 0.335 e. The number of nitrogens with zero attached hydrogens (tertiary/aromatic N) is 3. The molecule has 4 nitrogen and oxygen atoms in total. The van der Waals surface area contributed by atoms with E-state index in [0.717, 1.165) is 18.3 Å². The maximum atomic E-state index is 13.7. The number of piperazine rings is 1. The Bertz CT molecular complexity index is 731. The average Bonchev–Trinajstić information content (AvgIpc) is 2.57. The maximum absolute atomic E-state index is 13.7. The molecule has 3 rings (SSSR count). The molecule has 0 unspecified atom stereocenters. The van der Waals surface area contributed by atoms with Crippen molar-refractivity contribution in [1.29, 1.82) is 0 Å². The number of amides is 1. The average molecular weight is 352 g/mol. The Morgan fingerprint density at radius 2 is 1.79 bits per heavy atom. The summed E-state index contributed by atoms with van der Waals surface area (Å²) in [6, 6.07) is 8.31. The molecular weight excluding hydrogens is 336 g/mol. The Hall–Kier alpha value is -2.05. The highest BCUT2D eigenvalue weighted by Gasteiger charge is 2.25. The molecule has 1 aliphatic rings. The van der Waals surface area contributed by atoms with Gasteiger partial charge in [0.05, 0.1) is 6.20 Å². The van der Waals surface area contributed by atoms with Crippen LogP contribution in [-0.4, -0.2) is 46.9 Å². The summed E-state index contributed by atoms with van der Waals surface area (Å²) >= 11 is 5.87. The van der Waals surface area contributed by atoms with Gasteiger partial charge in [-0.05, 0) is 17.7 Å². The van der Waals surface area contributed by atoms with Crippen LogP contribution >= 0.6 is 11.6 Å². The number of rotatable bonds is 3. The molecule has 1 fully saturated rings. The zero-order valence-electron chi connectivity index (χ0n) is 12.9. The van der Waals surface area contributed by atoms with Crippen LogP contribution in [0.25, 0.3) is 0 Å². The van der Waals surface area contributed by atoms with Crippen LogP contribution in [0.1, 0.15) is 16.1 Å². The second-order valence-electron chi connectivity index (χ2n) is 5.68. The number of hydrogen-bond acceptors (Lipinski definition) is 3. The van der Waals surface area contributed by atoms with E-state index in [2.05, 4.69) is 9.88 Å². The standard InChI is InChI=1S/C17H16ClF2N3O/c18-13-3-1-12(2-4-13)11-22-5-7-23(8-6-22)17(24)16-15(20)9-14(19)10-21-16/h1-4,9-10H,5-8,11H2. The monoisotopic (exact) mass is 351 g/mol. The van der Waals surface area contributed by atoms with E-state index >= 15 is 0 Å². The molecule has 1 aliphatic heterocycles. The first-order valence-electron chi connectivity index (χ1n) is 7.60. The molecule has 2 aromatic rings. The van der Waals surface area contributed by atoms with Crippen LogP contribution in [0, 0.1) is 11.6 Å². The third kappa shape index (κ3) is 3.88. The fourth-order valence-corrected chi connectivity index (χ4v) is 2.80. The minimum atomic E-state index is -0.927. The Balaban J connectivity index is 1.58. The van der Waals surface area contributed by atoms with Gasteiger partial charge in [0, 0.05) is 43.8 Å². The van der Waals surface area contributed by atoms with E-state index < -0.39 is 17.5 Å². The number of carbonyl (C=O) groups excluding carboxylic acids is 1. The first-order valence-corrected chi connectivity index (χ1v) is 7.98. The highest BCUT2D eigenvalue weighted by Crippen LogP contribution is 2.15. The third-order valence-electron chi connectivity index (χ3n) is 3.99. The fraction of sp³-hybridized carbons (Fsp3) is 0.294. The lowest BCUT2D eigenvalue weighted by atomic mass is 10.2. The van der Waals surface area contributed by atoms with Crippen molar-refractivity contribution in [3.05, 3.63) is 64.4 Å². The van der Waals surface area contributed by atoms with Crippen LogP contribution in [0.15, 0.2) is 36.5 Å². The van der Waals surface area contributed by atoms with Crippen LogP contribution in [0.2, 0.25) is 5.02 Å². The summed E-state index contributed by atoms with van der Waals surface area (Å²) in [5.41, 5.74) is 0.813. The third-order valence-corrected chi connectivity index (χ3v) is 4.24. The van der Waals surface area contributed by atoms with Crippen molar-refractivity contribution in [2.75, 3.05) is 26.2 Å². The molecule has 1 aromatic heterocycles. The molecule has 1 amide bonds. The molecule has 2 heterocycles. The second-order valence-corrected chi connectivity index (χ2v) is 6.12. The summed E-state index contributed by atoms with van der Waals surface area (Å²) in [7, 11) is 0. The van der Waals surface area contributed by atoms with E-state index in [1.165, 1.54) is 0 Å². The quantitative estimate of drug-likeness (QED) is 0.853. The first kappa shape index (κ1) is 16.8. The number of carbonyl (C=O) groups is 1. The molecule has 0 spiro atoms. The topological polar surface area (TPSA) is 36.4 Å². The number of hydrogen-bond donors (Lipinski definition) is 0. The van der Waals surface area contributed by atoms with Gasteiger partial charge in [-0.2, -0.15) is 0 Å². The zero-order valence-corrected chi connectivity index (χ0v) is 13.6. The fourth-order valence-electron chi connectivity index (χ4n) is 2.68. The van der Waals surface area contributed by atoms with E-state index in [9.17, 15) is 13.6 Å². The van der Waals surface area contributed by atoms with E-state index in [1.54, 1.807) is 4.90 Å². The number of benzene rings is 1. The predicted molar refractivity (Wildman–Crippen MR) is 86.8 cm³/mol. The summed E-state index contributed by atoms with van der Waals surface area (Å²) in [5, 5.41) is 0.697. The van der Waals surface area contributed by atoms with E-state index in [1.807, 2.05) is 24.3 Å². The molecule has 1 saturated heterocycles. The van der Waals surface area contributed by atoms with Crippen LogP contribution < -0.4 is 0 Å². The molecule has 0 N–H and O–H groups in total. The lowest BCUT2D eigenvalue weighted by Crippen LogP contribution is -2.48. The van der Waals surface area contributed by atoms with Crippen LogP contribution in [-0.2, 0) is 6.54 Å². The van der Waals surface area contributed by atoms with Gasteiger partial charge in [-0.3, -0.25) is 9.69 Å². The summed E-state index contributed by atoms with van der Waals surface area (Å²) in [4.78, 5) is 19.6. The molecule has 0 aliphatic carbocycles. The SMILES string of the molecule is O=C(c1ncc(F)cc1F)N1CCN(Cc2ccc(Cl)cc2)CC1. The lowest BCUT2D eigenvalue weighted by molar-refractivity contribution is 0.0617. The van der Waals surface area contributed by atoms with Gasteiger partial charge < -0.3 is 4.90 Å². The second kappa shape index (κ2) is 7.23. The summed E-state index contributed by atoms with van der Waals surface area (Å²) in [6.45, 7) is 3.08. The van der Waals surface area contributed by atoms with Crippen LogP contribution in [0.3, 0.4) is 0 Å². The van der Waals surface area contributed by atoms with Crippen molar-refractivity contribution in [3.8, 4) is 0 Å². The first-order chi connectivity index (χ1) is 11.5. The summed E-state index contributed by atoms with van der Waals surface area (Å²) in [6.07, 6.45) is 0.854. The molecule has 0 radical (unpaired) electrons. The van der Waals surface area contributed by atoms with Crippen LogP contribution in [0.4, 0.5) is 8.78 Å². The van der Waals surface area contributed by atoms with Crippen LogP contribution in [0.5, 0.6) is 0 Å². The predicted octanol–water partition coefficient (Wildman–Crippen LogP) is 2.97. The lowest BCUT2D eigenvalue weighted by Gasteiger charge is -2.34. The summed E-state index contributed by atoms with van der Waals surface area (Å²) < 4.78 is 26.6. The van der Waals surface area contributed by atoms with Gasteiger partial charge in [0.1, 0.15) is 5.82 Å². The van der Waals surface area contributed by atoms with Gasteiger partial charge in [-0.25, -0.2) is 13.8 Å². The van der Waals surface area contributed by atoms with Crippen molar-refractivity contribution in [1.82, 2.24) is 14.8 Å². The highest BCUT2D eigenvalue weighted by molar-refractivity contribution is 6.30. The van der Waals surface area contributed by atoms with Gasteiger partial charge in [0.2, 0.25) is 0 Å². The molecule has 126 valence electrons. The zero-order chi connectivity index (χ0) is 17.1. The van der Waals surface area contributed by atoms with Gasteiger partial charge in [-0.15, -0.1) is 0 Å². The van der Waals surface area contributed by atoms with E-state index in [0.29, 0.717) is 37.3 Å². The van der Waals surface area contributed by atoms with Crippen molar-refractivity contribution in [2.45, 2.75) is 6.54 Å². The van der Waals surface area contributed by atoms with E-state index in [-0.39, 0.29) is 5.69 Å². The van der Waals surface area contributed by atoms with Crippen molar-refractivity contribution in [3.63, 3.8) is 0 Å². The molecular formula is C17H16ClF2N3O. The van der Waals surface area contributed by atoms with Crippen molar-refractivity contribution in [2.24, 2.45) is 0 Å². The minimum Gasteiger partial charge on any atom is -0.335 e. The molecule has 0 bridgehead atoms. The van der Waals surface area contributed by atoms with E-state index in [4.69, 9.17) is 11.6 Å². The Morgan fingerprint density at radius 1 is 1.12 bits per heavy atom. The number of aromatic nitrogens is 1. The van der Waals surface area contributed by atoms with Gasteiger partial charge in [0.15, 0.2) is 11.5 Å². The van der Waals surface area contributed by atoms with Gasteiger partial charge in [-0.1, -0.05) is 23.7 Å². The van der Waals surface area contributed by atoms with Gasteiger partial charge in [0.25, 0.3) is 5.91 Å². The summed E-state index contributed by atoms with van der Waals surface area (Å²) in [5.74, 6) is -2.22. The molecule has 7 heteroatoms. The Kier molecular flexibility index (Phi) is 5.06. The molecule has 0 atom stereocenters. The number of halogens is 3. The smallest absolute Gasteiger partial charge is 0.275 e. The molecule has 1 aromatic carbocycles. The Labute approximate surface area is 143 Å².